The van der Waals surface area contributed by atoms with Gasteiger partial charge in [-0.05, 0) is 45.0 Å². The Morgan fingerprint density at radius 1 is 1.38 bits per heavy atom. The Labute approximate surface area is 189 Å². The summed E-state index contributed by atoms with van der Waals surface area (Å²) < 4.78 is 13.8. The molecular formula is C24H33FN6O. The van der Waals surface area contributed by atoms with Gasteiger partial charge in [0, 0.05) is 55.5 Å². The lowest BCUT2D eigenvalue weighted by Crippen LogP contribution is -2.38. The van der Waals surface area contributed by atoms with E-state index in [0.717, 1.165) is 41.3 Å². The van der Waals surface area contributed by atoms with Crippen molar-refractivity contribution < 1.29 is 9.18 Å². The molecule has 3 heterocycles. The van der Waals surface area contributed by atoms with Crippen LogP contribution in [0.3, 0.4) is 0 Å². The molecule has 1 amide bonds. The van der Waals surface area contributed by atoms with Gasteiger partial charge in [-0.25, -0.2) is 14.8 Å². The highest BCUT2D eigenvalue weighted by Gasteiger charge is 2.33. The number of anilines is 1. The van der Waals surface area contributed by atoms with Gasteiger partial charge in [0.25, 0.3) is 5.91 Å². The van der Waals surface area contributed by atoms with Crippen LogP contribution in [-0.4, -0.2) is 66.1 Å². The number of hydrogen-bond donors (Lipinski definition) is 2. The SMILES string of the molecule is CC(C)N1NCc2c(C(=O)N3CCC(F)C3)cc(-c3cccc(CN(C)CCN)c3)nc21. The van der Waals surface area contributed by atoms with Crippen LogP contribution in [0.25, 0.3) is 11.3 Å². The molecule has 7 nitrogen and oxygen atoms in total. The van der Waals surface area contributed by atoms with Crippen LogP contribution >= 0.6 is 0 Å². The number of fused-ring (bicyclic) bond motifs is 1. The van der Waals surface area contributed by atoms with Crippen LogP contribution in [0.2, 0.25) is 0 Å². The lowest BCUT2D eigenvalue weighted by Gasteiger charge is -2.24. The Hall–Kier alpha value is -2.55. The molecular weight excluding hydrogens is 407 g/mol. The number of nitrogens with two attached hydrogens (primary N) is 1. The van der Waals surface area contributed by atoms with E-state index in [9.17, 15) is 9.18 Å². The van der Waals surface area contributed by atoms with E-state index >= 15 is 0 Å². The van der Waals surface area contributed by atoms with Crippen molar-refractivity contribution in [1.29, 1.82) is 0 Å². The maximum atomic E-state index is 13.8. The second-order valence-electron chi connectivity index (χ2n) is 9.02. The molecule has 0 spiro atoms. The first-order valence-corrected chi connectivity index (χ1v) is 11.3. The zero-order valence-electron chi connectivity index (χ0n) is 19.1. The predicted octanol–water partition coefficient (Wildman–Crippen LogP) is 2.56. The maximum absolute atomic E-state index is 13.8. The Balaban J connectivity index is 1.73. The minimum absolute atomic E-state index is 0.115. The first-order chi connectivity index (χ1) is 15.4. The Bertz CT molecular complexity index is 981. The maximum Gasteiger partial charge on any atom is 0.254 e. The number of hydrogen-bond acceptors (Lipinski definition) is 6. The molecule has 1 saturated heterocycles. The highest BCUT2D eigenvalue weighted by atomic mass is 19.1. The summed E-state index contributed by atoms with van der Waals surface area (Å²) in [4.78, 5) is 22.1. The van der Waals surface area contributed by atoms with Gasteiger partial charge in [-0.2, -0.15) is 0 Å². The number of carbonyl (C=O) groups excluding carboxylic acids is 1. The molecule has 2 aliphatic heterocycles. The van der Waals surface area contributed by atoms with Crippen LogP contribution in [0.15, 0.2) is 30.3 Å². The van der Waals surface area contributed by atoms with Gasteiger partial charge in [0.05, 0.1) is 12.2 Å². The van der Waals surface area contributed by atoms with Crippen molar-refractivity contribution in [2.75, 3.05) is 38.2 Å². The van der Waals surface area contributed by atoms with Crippen LogP contribution < -0.4 is 16.2 Å². The van der Waals surface area contributed by atoms with Crippen molar-refractivity contribution in [2.24, 2.45) is 5.73 Å². The summed E-state index contributed by atoms with van der Waals surface area (Å²) in [6.45, 7) is 7.54. The molecule has 0 aliphatic carbocycles. The van der Waals surface area contributed by atoms with Gasteiger partial charge in [-0.15, -0.1) is 0 Å². The second kappa shape index (κ2) is 9.52. The van der Waals surface area contributed by atoms with Crippen molar-refractivity contribution in [3.63, 3.8) is 0 Å². The topological polar surface area (TPSA) is 77.7 Å². The molecule has 3 N–H and O–H groups in total. The third-order valence-electron chi connectivity index (χ3n) is 6.11. The highest BCUT2D eigenvalue weighted by Crippen LogP contribution is 2.33. The molecule has 172 valence electrons. The Kier molecular flexibility index (Phi) is 6.74. The summed E-state index contributed by atoms with van der Waals surface area (Å²) in [6.07, 6.45) is -0.540. The molecule has 0 radical (unpaired) electrons. The summed E-state index contributed by atoms with van der Waals surface area (Å²) in [5.74, 6) is 0.666. The van der Waals surface area contributed by atoms with Gasteiger partial charge in [-0.1, -0.05) is 18.2 Å². The number of aromatic nitrogens is 1. The molecule has 1 aromatic heterocycles. The van der Waals surface area contributed by atoms with E-state index in [1.54, 1.807) is 4.90 Å². The van der Waals surface area contributed by atoms with Crippen molar-refractivity contribution in [2.45, 2.75) is 45.6 Å². The second-order valence-corrected chi connectivity index (χ2v) is 9.02. The number of amides is 1. The molecule has 8 heteroatoms. The number of carbonyl (C=O) groups is 1. The number of nitrogens with zero attached hydrogens (tertiary/aromatic N) is 4. The molecule has 1 atom stereocenters. The van der Waals surface area contributed by atoms with E-state index in [4.69, 9.17) is 10.7 Å². The first kappa shape index (κ1) is 22.6. The van der Waals surface area contributed by atoms with Crippen LogP contribution in [0, 0.1) is 0 Å². The van der Waals surface area contributed by atoms with Gasteiger partial charge < -0.3 is 15.5 Å². The van der Waals surface area contributed by atoms with Gasteiger partial charge in [0.1, 0.15) is 12.0 Å². The summed E-state index contributed by atoms with van der Waals surface area (Å²) in [5, 5.41) is 2.01. The summed E-state index contributed by atoms with van der Waals surface area (Å²) in [7, 11) is 2.05. The first-order valence-electron chi connectivity index (χ1n) is 11.3. The van der Waals surface area contributed by atoms with Crippen molar-refractivity contribution >= 4 is 11.7 Å². The number of pyridine rings is 1. The Morgan fingerprint density at radius 3 is 2.88 bits per heavy atom. The van der Waals surface area contributed by atoms with Gasteiger partial charge >= 0.3 is 0 Å². The summed E-state index contributed by atoms with van der Waals surface area (Å²) in [5.41, 5.74) is 13.4. The fourth-order valence-corrected chi connectivity index (χ4v) is 4.45. The molecule has 32 heavy (non-hydrogen) atoms. The molecule has 0 bridgehead atoms. The van der Waals surface area contributed by atoms with Crippen LogP contribution in [0.5, 0.6) is 0 Å². The zero-order chi connectivity index (χ0) is 22.8. The van der Waals surface area contributed by atoms with E-state index in [0.29, 0.717) is 31.6 Å². The average Bonchev–Trinajstić information content (AvgIpc) is 3.39. The van der Waals surface area contributed by atoms with E-state index in [1.165, 1.54) is 0 Å². The lowest BCUT2D eigenvalue weighted by molar-refractivity contribution is 0.0782. The average molecular weight is 441 g/mol. The number of rotatable bonds is 7. The number of likely N-dealkylation sites (N-methyl/N-ethyl adjacent to an activating group) is 1. The minimum atomic E-state index is -0.944. The van der Waals surface area contributed by atoms with E-state index in [-0.39, 0.29) is 18.5 Å². The van der Waals surface area contributed by atoms with Crippen LogP contribution in [0.4, 0.5) is 10.2 Å². The quantitative estimate of drug-likeness (QED) is 0.689. The van der Waals surface area contributed by atoms with Crippen LogP contribution in [-0.2, 0) is 13.1 Å². The number of alkyl halides is 1. The number of benzene rings is 1. The van der Waals surface area contributed by atoms with Crippen molar-refractivity contribution in [3.05, 3.63) is 47.0 Å². The number of halogens is 1. The van der Waals surface area contributed by atoms with Crippen molar-refractivity contribution in [1.82, 2.24) is 20.2 Å². The standard InChI is InChI=1S/C24H33FN6O/c1-16(2)31-23-21(13-27-31)20(24(32)30-9-7-19(25)15-30)12-22(28-23)18-6-4-5-17(11-18)14-29(3)10-8-26/h4-6,11-12,16,19,27H,7-10,13-15,26H2,1-3H3. The van der Waals surface area contributed by atoms with E-state index in [1.807, 2.05) is 30.3 Å². The molecule has 2 aliphatic rings. The number of likely N-dealkylation sites (tertiary alicyclic amines) is 1. The van der Waals surface area contributed by atoms with Gasteiger partial charge in [0.15, 0.2) is 0 Å². The van der Waals surface area contributed by atoms with Gasteiger partial charge in [0.2, 0.25) is 0 Å². The molecule has 1 fully saturated rings. The molecule has 1 unspecified atom stereocenters. The molecule has 1 aromatic carbocycles. The van der Waals surface area contributed by atoms with Crippen LogP contribution in [0.1, 0.15) is 41.8 Å². The largest absolute Gasteiger partial charge is 0.336 e. The predicted molar refractivity (Wildman–Crippen MR) is 125 cm³/mol. The fourth-order valence-electron chi connectivity index (χ4n) is 4.45. The molecule has 2 aromatic rings. The fraction of sp³-hybridized carbons (Fsp3) is 0.500. The third-order valence-corrected chi connectivity index (χ3v) is 6.11. The normalized spacial score (nSPS) is 18.2. The summed E-state index contributed by atoms with van der Waals surface area (Å²) in [6, 6.07) is 10.3. The number of hydrazine groups is 1. The zero-order valence-corrected chi connectivity index (χ0v) is 19.1. The minimum Gasteiger partial charge on any atom is -0.336 e. The monoisotopic (exact) mass is 440 g/mol. The molecule has 0 saturated carbocycles. The molecule has 4 rings (SSSR count). The van der Waals surface area contributed by atoms with E-state index < -0.39 is 6.17 Å². The Morgan fingerprint density at radius 2 is 2.19 bits per heavy atom. The number of nitrogens with one attached hydrogen (secondary N) is 1. The summed E-state index contributed by atoms with van der Waals surface area (Å²) >= 11 is 0. The third kappa shape index (κ3) is 4.62. The highest BCUT2D eigenvalue weighted by molar-refractivity contribution is 5.98. The van der Waals surface area contributed by atoms with Crippen molar-refractivity contribution in [3.8, 4) is 11.3 Å². The van der Waals surface area contributed by atoms with Gasteiger partial charge in [-0.3, -0.25) is 9.80 Å². The lowest BCUT2D eigenvalue weighted by atomic mass is 10.0. The van der Waals surface area contributed by atoms with E-state index in [2.05, 4.69) is 36.3 Å². The smallest absolute Gasteiger partial charge is 0.254 e.